The Hall–Kier alpha value is -2.33. The Bertz CT molecular complexity index is 778. The molecule has 2 fully saturated rings. The van der Waals surface area contributed by atoms with Gasteiger partial charge in [-0.05, 0) is 58.8 Å². The first-order valence-corrected chi connectivity index (χ1v) is 10.9. The zero-order valence-corrected chi connectivity index (χ0v) is 18.4. The summed E-state index contributed by atoms with van der Waals surface area (Å²) in [5, 5.41) is 0. The summed E-state index contributed by atoms with van der Waals surface area (Å²) in [6, 6.07) is 14.8. The van der Waals surface area contributed by atoms with Crippen LogP contribution in [0, 0.1) is 13.8 Å². The average Bonchev–Trinajstić information content (AvgIpc) is 3.16. The summed E-state index contributed by atoms with van der Waals surface area (Å²) in [6.07, 6.45) is 3.75. The molecule has 29 heavy (non-hydrogen) atoms. The normalized spacial score (nSPS) is 17.5. The lowest BCUT2D eigenvalue weighted by Gasteiger charge is -2.24. The van der Waals surface area contributed by atoms with E-state index in [9.17, 15) is 0 Å². The average molecular weight is 393 g/mol. The number of anilines is 1. The van der Waals surface area contributed by atoms with Crippen LogP contribution in [0.2, 0.25) is 0 Å². The molecule has 0 amide bonds. The van der Waals surface area contributed by atoms with Gasteiger partial charge in [0.15, 0.2) is 0 Å². The Morgan fingerprint density at radius 3 is 2.17 bits per heavy atom. The van der Waals surface area contributed by atoms with Crippen molar-refractivity contribution < 1.29 is 0 Å². The number of aromatic nitrogens is 1. The molecule has 1 aromatic carbocycles. The van der Waals surface area contributed by atoms with Crippen molar-refractivity contribution in [3.05, 3.63) is 65.9 Å². The van der Waals surface area contributed by atoms with Gasteiger partial charge in [-0.25, -0.2) is 4.98 Å². The highest BCUT2D eigenvalue weighted by Gasteiger charge is 2.18. The Morgan fingerprint density at radius 2 is 1.52 bits per heavy atom. The molecule has 0 atom stereocenters. The van der Waals surface area contributed by atoms with Crippen LogP contribution in [0.4, 0.5) is 5.82 Å². The van der Waals surface area contributed by atoms with Gasteiger partial charge in [-0.1, -0.05) is 48.0 Å². The minimum absolute atomic E-state index is 1.03. The van der Waals surface area contributed by atoms with Crippen LogP contribution in [0.25, 0.3) is 5.70 Å². The highest BCUT2D eigenvalue weighted by molar-refractivity contribution is 5.60. The summed E-state index contributed by atoms with van der Waals surface area (Å²) < 4.78 is 0. The van der Waals surface area contributed by atoms with Crippen molar-refractivity contribution in [3.8, 4) is 0 Å². The molecule has 0 radical (unpaired) electrons. The molecule has 2 aliphatic rings. The lowest BCUT2D eigenvalue weighted by atomic mass is 10.2. The third kappa shape index (κ3) is 6.33. The predicted molar refractivity (Wildman–Crippen MR) is 124 cm³/mol. The minimum Gasteiger partial charge on any atom is -0.370 e. The van der Waals surface area contributed by atoms with Crippen molar-refractivity contribution in [1.82, 2.24) is 14.8 Å². The molecular weight excluding hydrogens is 356 g/mol. The van der Waals surface area contributed by atoms with Crippen molar-refractivity contribution in [2.24, 2.45) is 0 Å². The first-order chi connectivity index (χ1) is 14.0. The third-order valence-corrected chi connectivity index (χ3v) is 5.73. The lowest BCUT2D eigenvalue weighted by molar-refractivity contribution is 0.360. The number of pyridine rings is 1. The minimum atomic E-state index is 1.03. The molecule has 4 rings (SSSR count). The number of likely N-dealkylation sites (N-methyl/N-ethyl adjacent to an activating group) is 1. The fourth-order valence-corrected chi connectivity index (χ4v) is 3.99. The highest BCUT2D eigenvalue weighted by atomic mass is 15.2. The van der Waals surface area contributed by atoms with Crippen LogP contribution in [-0.2, 0) is 0 Å². The van der Waals surface area contributed by atoms with Gasteiger partial charge in [-0.2, -0.15) is 0 Å². The van der Waals surface area contributed by atoms with Gasteiger partial charge >= 0.3 is 0 Å². The van der Waals surface area contributed by atoms with Crippen molar-refractivity contribution in [1.29, 1.82) is 0 Å². The van der Waals surface area contributed by atoms with E-state index in [-0.39, 0.29) is 0 Å². The largest absolute Gasteiger partial charge is 0.370 e. The van der Waals surface area contributed by atoms with E-state index in [1.165, 1.54) is 36.9 Å². The summed E-state index contributed by atoms with van der Waals surface area (Å²) in [5.41, 5.74) is 4.79. The molecule has 0 bridgehead atoms. The van der Waals surface area contributed by atoms with Gasteiger partial charge in [0, 0.05) is 32.7 Å². The van der Waals surface area contributed by atoms with Crippen LogP contribution in [-0.4, -0.2) is 61.1 Å². The molecule has 0 spiro atoms. The number of likely N-dealkylation sites (tertiary alicyclic amines) is 1. The summed E-state index contributed by atoms with van der Waals surface area (Å²) in [5.74, 6) is 1.10. The summed E-state index contributed by atoms with van der Waals surface area (Å²) in [7, 11) is 2.20. The second-order valence-corrected chi connectivity index (χ2v) is 8.32. The SMILES string of the molecule is C=C(c1cccc(N2CCCN(C)CC2)n1)N1CCCC1.Cc1cccc(C)c1. The molecule has 0 unspecified atom stereocenters. The van der Waals surface area contributed by atoms with Gasteiger partial charge in [0.25, 0.3) is 0 Å². The van der Waals surface area contributed by atoms with Gasteiger partial charge in [-0.15, -0.1) is 0 Å². The molecule has 2 aliphatic heterocycles. The predicted octanol–water partition coefficient (Wildman–Crippen LogP) is 4.59. The molecule has 0 N–H and O–H groups in total. The first kappa shape index (κ1) is 21.4. The molecule has 1 aromatic heterocycles. The smallest absolute Gasteiger partial charge is 0.129 e. The van der Waals surface area contributed by atoms with Crippen molar-refractivity contribution >= 4 is 11.5 Å². The second kappa shape index (κ2) is 10.4. The molecule has 3 heterocycles. The molecule has 0 saturated carbocycles. The zero-order valence-electron chi connectivity index (χ0n) is 18.4. The topological polar surface area (TPSA) is 22.6 Å². The Balaban J connectivity index is 0.000000252. The maximum Gasteiger partial charge on any atom is 0.129 e. The van der Waals surface area contributed by atoms with E-state index in [1.807, 2.05) is 0 Å². The number of nitrogens with zero attached hydrogens (tertiary/aromatic N) is 4. The Labute approximate surface area is 176 Å². The molecular formula is C25H36N4. The maximum atomic E-state index is 4.87. The maximum absolute atomic E-state index is 4.87. The number of hydrogen-bond acceptors (Lipinski definition) is 4. The van der Waals surface area contributed by atoms with Crippen molar-refractivity contribution in [2.75, 3.05) is 51.2 Å². The summed E-state index contributed by atoms with van der Waals surface area (Å²) >= 11 is 0. The quantitative estimate of drug-likeness (QED) is 0.762. The van der Waals surface area contributed by atoms with Crippen molar-refractivity contribution in [2.45, 2.75) is 33.1 Å². The van der Waals surface area contributed by atoms with Gasteiger partial charge in [0.05, 0.1) is 11.4 Å². The molecule has 156 valence electrons. The van der Waals surface area contributed by atoms with E-state index in [0.717, 1.165) is 49.9 Å². The van der Waals surface area contributed by atoms with E-state index in [1.54, 1.807) is 0 Å². The standard InChI is InChI=1S/C17H26N4.C8H10/c1-15(20-10-3-4-11-20)16-7-5-8-17(18-16)21-12-6-9-19(2)13-14-21;1-7-4-3-5-8(2)6-7/h5,7-8H,1,3-4,6,9-14H2,2H3;3-6H,1-2H3. The van der Waals surface area contributed by atoms with Crippen LogP contribution in [0.3, 0.4) is 0 Å². The molecule has 2 saturated heterocycles. The van der Waals surface area contributed by atoms with E-state index in [2.05, 4.69) is 84.6 Å². The number of benzene rings is 1. The number of hydrogen-bond donors (Lipinski definition) is 0. The van der Waals surface area contributed by atoms with E-state index >= 15 is 0 Å². The Morgan fingerprint density at radius 1 is 0.828 bits per heavy atom. The van der Waals surface area contributed by atoms with Gasteiger partial charge in [-0.3, -0.25) is 0 Å². The van der Waals surface area contributed by atoms with Gasteiger partial charge in [0.1, 0.15) is 5.82 Å². The molecule has 0 aliphatic carbocycles. The number of rotatable bonds is 3. The lowest BCUT2D eigenvalue weighted by Crippen LogP contribution is -2.29. The van der Waals surface area contributed by atoms with Crippen LogP contribution in [0.5, 0.6) is 0 Å². The third-order valence-electron chi connectivity index (χ3n) is 5.73. The highest BCUT2D eigenvalue weighted by Crippen LogP contribution is 2.23. The summed E-state index contributed by atoms with van der Waals surface area (Å²) in [4.78, 5) is 12.0. The van der Waals surface area contributed by atoms with Crippen LogP contribution in [0.1, 0.15) is 36.1 Å². The van der Waals surface area contributed by atoms with Crippen LogP contribution < -0.4 is 4.90 Å². The van der Waals surface area contributed by atoms with E-state index in [4.69, 9.17) is 4.98 Å². The monoisotopic (exact) mass is 392 g/mol. The van der Waals surface area contributed by atoms with Gasteiger partial charge in [0.2, 0.25) is 0 Å². The molecule has 4 heteroatoms. The molecule has 2 aromatic rings. The molecule has 4 nitrogen and oxygen atoms in total. The summed E-state index contributed by atoms with van der Waals surface area (Å²) in [6.45, 7) is 15.2. The van der Waals surface area contributed by atoms with Crippen LogP contribution >= 0.6 is 0 Å². The fourth-order valence-electron chi connectivity index (χ4n) is 3.99. The first-order valence-electron chi connectivity index (χ1n) is 10.9. The fraction of sp³-hybridized carbons (Fsp3) is 0.480. The van der Waals surface area contributed by atoms with Crippen molar-refractivity contribution in [3.63, 3.8) is 0 Å². The Kier molecular flexibility index (Phi) is 7.70. The van der Waals surface area contributed by atoms with E-state index < -0.39 is 0 Å². The zero-order chi connectivity index (χ0) is 20.6. The van der Waals surface area contributed by atoms with E-state index in [0.29, 0.717) is 0 Å². The second-order valence-electron chi connectivity index (χ2n) is 8.32. The van der Waals surface area contributed by atoms with Crippen LogP contribution in [0.15, 0.2) is 49.0 Å². The van der Waals surface area contributed by atoms with Gasteiger partial charge < -0.3 is 14.7 Å². The number of aryl methyl sites for hydroxylation is 2.